The molecule has 0 bridgehead atoms. The second kappa shape index (κ2) is 13.7. The number of halogens is 3. The van der Waals surface area contributed by atoms with Crippen molar-refractivity contribution in [2.75, 3.05) is 38.9 Å². The standard InChI is InChI=1S/C31H30Br2ClNO6/c32-21-6-9-24-27(18-21)40-28-19-22(33)7-10-25(28)31(24)26-17-20(5-8-23(26)30(37)41-31)29(36)35-12-14-39-16-15-38-13-4-2-1-3-11-34/h5-10,17-19H,1-4,11-16H2,(H,35,36). The molecule has 216 valence electrons. The Morgan fingerprint density at radius 1 is 0.805 bits per heavy atom. The van der Waals surface area contributed by atoms with Crippen LogP contribution in [0.4, 0.5) is 0 Å². The maximum Gasteiger partial charge on any atom is 0.340 e. The minimum Gasteiger partial charge on any atom is -0.456 e. The Hall–Kier alpha value is -2.43. The number of alkyl halides is 1. The third-order valence-corrected chi connectivity index (χ3v) is 8.32. The van der Waals surface area contributed by atoms with Gasteiger partial charge in [0.2, 0.25) is 0 Å². The SMILES string of the molecule is O=C(NCCOCCOCCCCCCCl)c1ccc2c(c1)C1(OC2=O)c2ccc(Br)cc2Oc2cc(Br)ccc21. The molecule has 2 heterocycles. The van der Waals surface area contributed by atoms with Crippen molar-refractivity contribution in [3.63, 3.8) is 0 Å². The van der Waals surface area contributed by atoms with Crippen LogP contribution in [0.25, 0.3) is 0 Å². The first-order valence-corrected chi connectivity index (χ1v) is 15.7. The number of hydrogen-bond acceptors (Lipinski definition) is 6. The molecular formula is C31H30Br2ClNO6. The summed E-state index contributed by atoms with van der Waals surface area (Å²) in [7, 11) is 0. The molecule has 41 heavy (non-hydrogen) atoms. The molecule has 1 amide bonds. The highest BCUT2D eigenvalue weighted by Gasteiger charge is 2.53. The minimum atomic E-state index is -1.25. The van der Waals surface area contributed by atoms with E-state index in [0.717, 1.165) is 34.6 Å². The molecule has 3 aromatic carbocycles. The fourth-order valence-corrected chi connectivity index (χ4v) is 5.99. The Morgan fingerprint density at radius 2 is 1.46 bits per heavy atom. The molecule has 1 spiro atoms. The molecule has 1 N–H and O–H groups in total. The first kappa shape index (κ1) is 30.0. The molecule has 0 radical (unpaired) electrons. The predicted molar refractivity (Wildman–Crippen MR) is 163 cm³/mol. The van der Waals surface area contributed by atoms with Gasteiger partial charge in [0.1, 0.15) is 11.5 Å². The van der Waals surface area contributed by atoms with Crippen molar-refractivity contribution in [3.8, 4) is 11.5 Å². The van der Waals surface area contributed by atoms with E-state index >= 15 is 0 Å². The van der Waals surface area contributed by atoms with Crippen LogP contribution in [0.15, 0.2) is 63.5 Å². The minimum absolute atomic E-state index is 0.266. The van der Waals surface area contributed by atoms with E-state index in [1.807, 2.05) is 36.4 Å². The van der Waals surface area contributed by atoms with Crippen LogP contribution < -0.4 is 10.1 Å². The van der Waals surface area contributed by atoms with Crippen molar-refractivity contribution in [1.82, 2.24) is 5.32 Å². The number of carbonyl (C=O) groups is 2. The first-order chi connectivity index (χ1) is 19.9. The second-order valence-electron chi connectivity index (χ2n) is 9.80. The van der Waals surface area contributed by atoms with Gasteiger partial charge in [-0.25, -0.2) is 4.79 Å². The summed E-state index contributed by atoms with van der Waals surface area (Å²) in [5.74, 6) is 1.11. The molecule has 5 rings (SSSR count). The highest BCUT2D eigenvalue weighted by molar-refractivity contribution is 9.10. The summed E-state index contributed by atoms with van der Waals surface area (Å²) in [4.78, 5) is 26.3. The maximum atomic E-state index is 13.2. The van der Waals surface area contributed by atoms with E-state index in [4.69, 9.17) is 30.5 Å². The van der Waals surface area contributed by atoms with Crippen LogP contribution in [-0.4, -0.2) is 50.7 Å². The highest BCUT2D eigenvalue weighted by atomic mass is 79.9. The number of hydrogen-bond donors (Lipinski definition) is 1. The largest absolute Gasteiger partial charge is 0.456 e. The van der Waals surface area contributed by atoms with Crippen LogP contribution in [0.2, 0.25) is 0 Å². The van der Waals surface area contributed by atoms with Gasteiger partial charge in [0, 0.05) is 50.2 Å². The number of carbonyl (C=O) groups excluding carboxylic acids is 2. The lowest BCUT2D eigenvalue weighted by Crippen LogP contribution is -2.33. The fraction of sp³-hybridized carbons (Fsp3) is 0.355. The van der Waals surface area contributed by atoms with Gasteiger partial charge in [-0.3, -0.25) is 4.79 Å². The Kier molecular flexibility index (Phi) is 10.0. The molecule has 2 aliphatic heterocycles. The molecule has 0 saturated heterocycles. The molecule has 3 aromatic rings. The maximum absolute atomic E-state index is 13.2. The van der Waals surface area contributed by atoms with Crippen molar-refractivity contribution < 1.29 is 28.5 Å². The van der Waals surface area contributed by atoms with Crippen LogP contribution in [-0.2, 0) is 19.8 Å². The smallest absolute Gasteiger partial charge is 0.340 e. The molecule has 0 atom stereocenters. The van der Waals surface area contributed by atoms with Crippen molar-refractivity contribution in [2.24, 2.45) is 0 Å². The molecule has 0 unspecified atom stereocenters. The van der Waals surface area contributed by atoms with Crippen molar-refractivity contribution in [2.45, 2.75) is 31.3 Å². The Balaban J connectivity index is 1.26. The van der Waals surface area contributed by atoms with Gasteiger partial charge < -0.3 is 24.3 Å². The quantitative estimate of drug-likeness (QED) is 0.114. The first-order valence-electron chi connectivity index (χ1n) is 13.6. The van der Waals surface area contributed by atoms with Crippen LogP contribution >= 0.6 is 43.5 Å². The monoisotopic (exact) mass is 705 g/mol. The van der Waals surface area contributed by atoms with Gasteiger partial charge in [-0.15, -0.1) is 11.6 Å². The average Bonchev–Trinajstić information content (AvgIpc) is 3.25. The number of ether oxygens (including phenoxy) is 4. The number of unbranched alkanes of at least 4 members (excludes halogenated alkanes) is 3. The molecule has 2 aliphatic rings. The lowest BCUT2D eigenvalue weighted by molar-refractivity contribution is 0.0224. The Morgan fingerprint density at radius 3 is 2.15 bits per heavy atom. The van der Waals surface area contributed by atoms with Crippen LogP contribution in [0, 0.1) is 0 Å². The van der Waals surface area contributed by atoms with Gasteiger partial charge in [-0.2, -0.15) is 0 Å². The lowest BCUT2D eigenvalue weighted by Gasteiger charge is -2.36. The van der Waals surface area contributed by atoms with Crippen molar-refractivity contribution in [1.29, 1.82) is 0 Å². The van der Waals surface area contributed by atoms with Crippen LogP contribution in [0.3, 0.4) is 0 Å². The van der Waals surface area contributed by atoms with E-state index in [9.17, 15) is 9.59 Å². The van der Waals surface area contributed by atoms with E-state index in [0.29, 0.717) is 78.2 Å². The van der Waals surface area contributed by atoms with Crippen molar-refractivity contribution in [3.05, 3.63) is 91.4 Å². The zero-order valence-corrected chi connectivity index (χ0v) is 26.3. The molecule has 0 aliphatic carbocycles. The number of fused-ring (bicyclic) bond motifs is 6. The third kappa shape index (κ3) is 6.49. The Bertz CT molecular complexity index is 1380. The molecule has 0 aromatic heterocycles. The topological polar surface area (TPSA) is 83.1 Å². The van der Waals surface area contributed by atoms with Crippen molar-refractivity contribution >= 4 is 55.3 Å². The van der Waals surface area contributed by atoms with E-state index in [1.165, 1.54) is 0 Å². The van der Waals surface area contributed by atoms with Gasteiger partial charge in [-0.1, -0.05) is 44.7 Å². The van der Waals surface area contributed by atoms with E-state index in [1.54, 1.807) is 18.2 Å². The van der Waals surface area contributed by atoms with Gasteiger partial charge in [0.15, 0.2) is 5.60 Å². The van der Waals surface area contributed by atoms with Gasteiger partial charge >= 0.3 is 5.97 Å². The molecule has 0 fully saturated rings. The normalized spacial score (nSPS) is 14.2. The van der Waals surface area contributed by atoms with Crippen LogP contribution in [0.5, 0.6) is 11.5 Å². The molecule has 0 saturated carbocycles. The van der Waals surface area contributed by atoms with Gasteiger partial charge in [-0.05, 0) is 67.4 Å². The highest BCUT2D eigenvalue weighted by Crippen LogP contribution is 2.56. The zero-order valence-electron chi connectivity index (χ0n) is 22.4. The van der Waals surface area contributed by atoms with Gasteiger partial charge in [0.05, 0.1) is 25.4 Å². The summed E-state index contributed by atoms with van der Waals surface area (Å²) in [6, 6.07) is 16.2. The third-order valence-electron chi connectivity index (χ3n) is 7.07. The predicted octanol–water partition coefficient (Wildman–Crippen LogP) is 7.34. The zero-order chi connectivity index (χ0) is 28.8. The summed E-state index contributed by atoms with van der Waals surface area (Å²) in [6.45, 7) is 2.40. The van der Waals surface area contributed by atoms with E-state index < -0.39 is 11.6 Å². The average molecular weight is 708 g/mol. The fourth-order valence-electron chi connectivity index (χ4n) is 5.12. The number of esters is 1. The lowest BCUT2D eigenvalue weighted by atomic mass is 9.77. The Labute approximate surface area is 261 Å². The number of amides is 1. The summed E-state index contributed by atoms with van der Waals surface area (Å²) in [6.07, 6.45) is 4.31. The summed E-state index contributed by atoms with van der Waals surface area (Å²) >= 11 is 12.7. The van der Waals surface area contributed by atoms with E-state index in [2.05, 4.69) is 37.2 Å². The van der Waals surface area contributed by atoms with E-state index in [-0.39, 0.29) is 5.91 Å². The summed E-state index contributed by atoms with van der Waals surface area (Å²) in [5.41, 5.74) is 1.55. The molecular weight excluding hydrogens is 678 g/mol. The summed E-state index contributed by atoms with van der Waals surface area (Å²) < 4.78 is 25.2. The van der Waals surface area contributed by atoms with Gasteiger partial charge in [0.25, 0.3) is 5.91 Å². The number of rotatable bonds is 13. The number of benzene rings is 3. The second-order valence-corrected chi connectivity index (χ2v) is 12.0. The molecule has 7 nitrogen and oxygen atoms in total. The van der Waals surface area contributed by atoms with Crippen LogP contribution in [0.1, 0.15) is 63.1 Å². The summed E-state index contributed by atoms with van der Waals surface area (Å²) in [5, 5.41) is 2.90. The molecule has 10 heteroatoms. The number of nitrogens with one attached hydrogen (secondary N) is 1.